The molecule has 100 valence electrons. The number of hydrogen-bond donors (Lipinski definition) is 1. The van der Waals surface area contributed by atoms with Crippen molar-refractivity contribution in [3.05, 3.63) is 29.8 Å². The molecule has 0 bridgehead atoms. The first kappa shape index (κ1) is 13.4. The van der Waals surface area contributed by atoms with E-state index in [1.165, 1.54) is 30.5 Å². The summed E-state index contributed by atoms with van der Waals surface area (Å²) in [7, 11) is 0. The van der Waals surface area contributed by atoms with E-state index in [0.29, 0.717) is 5.92 Å². The first-order chi connectivity index (χ1) is 8.70. The normalized spacial score (nSPS) is 23.9. The smallest absolute Gasteiger partial charge is 0.0585 e. The van der Waals surface area contributed by atoms with Gasteiger partial charge in [0, 0.05) is 24.7 Å². The predicted molar refractivity (Wildman–Crippen MR) is 77.0 cm³/mol. The lowest BCUT2D eigenvalue weighted by atomic mass is 9.86. The zero-order valence-corrected chi connectivity index (χ0v) is 11.6. The summed E-state index contributed by atoms with van der Waals surface area (Å²) in [6.45, 7) is 6.32. The molecule has 2 rings (SSSR count). The number of aliphatic hydroxyl groups excluding tert-OH is 1. The molecule has 0 radical (unpaired) electrons. The van der Waals surface area contributed by atoms with Gasteiger partial charge in [0.1, 0.15) is 0 Å². The third-order valence-electron chi connectivity index (χ3n) is 4.07. The van der Waals surface area contributed by atoms with Crippen LogP contribution in [0.5, 0.6) is 0 Å². The van der Waals surface area contributed by atoms with E-state index in [2.05, 4.69) is 43.0 Å². The molecule has 18 heavy (non-hydrogen) atoms. The summed E-state index contributed by atoms with van der Waals surface area (Å²) in [5, 5.41) is 10.1. The summed E-state index contributed by atoms with van der Waals surface area (Å²) in [6, 6.07) is 8.65. The average molecular weight is 247 g/mol. The molecule has 1 N–H and O–H groups in total. The van der Waals surface area contributed by atoms with Crippen LogP contribution in [0.3, 0.4) is 0 Å². The van der Waals surface area contributed by atoms with E-state index in [1.807, 2.05) is 0 Å². The average Bonchev–Trinajstić information content (AvgIpc) is 2.38. The Kier molecular flexibility index (Phi) is 4.65. The van der Waals surface area contributed by atoms with Crippen LogP contribution in [-0.4, -0.2) is 24.3 Å². The summed E-state index contributed by atoms with van der Waals surface area (Å²) >= 11 is 0. The van der Waals surface area contributed by atoms with E-state index < -0.39 is 0 Å². The minimum atomic E-state index is -0.0994. The molecule has 1 saturated carbocycles. The number of aliphatic hydroxyl groups is 1. The zero-order chi connectivity index (χ0) is 13.0. The lowest BCUT2D eigenvalue weighted by Gasteiger charge is -2.33. The fourth-order valence-corrected chi connectivity index (χ4v) is 2.93. The molecule has 0 amide bonds. The highest BCUT2D eigenvalue weighted by molar-refractivity contribution is 5.48. The van der Waals surface area contributed by atoms with Crippen molar-refractivity contribution in [3.8, 4) is 0 Å². The highest BCUT2D eigenvalue weighted by atomic mass is 16.3. The minimum absolute atomic E-state index is 0.0994. The molecule has 2 atom stereocenters. The van der Waals surface area contributed by atoms with Gasteiger partial charge in [-0.3, -0.25) is 0 Å². The van der Waals surface area contributed by atoms with Gasteiger partial charge in [-0.2, -0.15) is 0 Å². The lowest BCUT2D eigenvalue weighted by Crippen LogP contribution is -2.37. The van der Waals surface area contributed by atoms with Crippen molar-refractivity contribution in [3.63, 3.8) is 0 Å². The Labute approximate surface area is 111 Å². The molecule has 2 heteroatoms. The van der Waals surface area contributed by atoms with E-state index in [0.717, 1.165) is 19.5 Å². The van der Waals surface area contributed by atoms with Gasteiger partial charge in [-0.1, -0.05) is 25.0 Å². The standard InChI is InChI=1S/C16H25NO/c1-3-17(15-9-6-7-13(2)11-15)12-14-8-4-5-10-16(14)18/h6-7,9,11,14,16,18H,3-5,8,10,12H2,1-2H3. The van der Waals surface area contributed by atoms with E-state index in [-0.39, 0.29) is 6.10 Å². The molecule has 0 spiro atoms. The van der Waals surface area contributed by atoms with Crippen molar-refractivity contribution in [2.24, 2.45) is 5.92 Å². The van der Waals surface area contributed by atoms with Crippen molar-refractivity contribution < 1.29 is 5.11 Å². The maximum absolute atomic E-state index is 10.1. The Morgan fingerprint density at radius 2 is 2.06 bits per heavy atom. The third-order valence-corrected chi connectivity index (χ3v) is 4.07. The van der Waals surface area contributed by atoms with Crippen molar-refractivity contribution in [2.45, 2.75) is 45.6 Å². The molecule has 2 nitrogen and oxygen atoms in total. The van der Waals surface area contributed by atoms with E-state index in [9.17, 15) is 5.11 Å². The Morgan fingerprint density at radius 3 is 2.72 bits per heavy atom. The number of hydrogen-bond acceptors (Lipinski definition) is 2. The van der Waals surface area contributed by atoms with Gasteiger partial charge in [0.05, 0.1) is 6.10 Å². The molecule has 0 saturated heterocycles. The summed E-state index contributed by atoms with van der Waals surface area (Å²) in [6.07, 6.45) is 4.51. The van der Waals surface area contributed by atoms with Gasteiger partial charge in [-0.05, 0) is 44.4 Å². The monoisotopic (exact) mass is 247 g/mol. The third kappa shape index (κ3) is 3.26. The number of aryl methyl sites for hydroxylation is 1. The van der Waals surface area contributed by atoms with Gasteiger partial charge >= 0.3 is 0 Å². The topological polar surface area (TPSA) is 23.5 Å². The molecule has 0 aromatic heterocycles. The van der Waals surface area contributed by atoms with Gasteiger partial charge in [0.2, 0.25) is 0 Å². The quantitative estimate of drug-likeness (QED) is 0.881. The predicted octanol–water partition coefficient (Wildman–Crippen LogP) is 3.37. The molecule has 1 aromatic carbocycles. The van der Waals surface area contributed by atoms with E-state index in [4.69, 9.17) is 0 Å². The van der Waals surface area contributed by atoms with E-state index in [1.54, 1.807) is 0 Å². The number of nitrogens with zero attached hydrogens (tertiary/aromatic N) is 1. The Balaban J connectivity index is 2.04. The molecule has 1 aliphatic carbocycles. The van der Waals surface area contributed by atoms with Gasteiger partial charge < -0.3 is 10.0 Å². The lowest BCUT2D eigenvalue weighted by molar-refractivity contribution is 0.0732. The first-order valence-electron chi connectivity index (χ1n) is 7.20. The van der Waals surface area contributed by atoms with Crippen LogP contribution in [0.15, 0.2) is 24.3 Å². The second kappa shape index (κ2) is 6.24. The van der Waals surface area contributed by atoms with Crippen molar-refractivity contribution in [2.75, 3.05) is 18.0 Å². The van der Waals surface area contributed by atoms with Gasteiger partial charge in [-0.25, -0.2) is 0 Å². The number of benzene rings is 1. The van der Waals surface area contributed by atoms with Crippen LogP contribution in [0.1, 0.15) is 38.2 Å². The number of anilines is 1. The molecule has 1 aliphatic rings. The maximum atomic E-state index is 10.1. The van der Waals surface area contributed by atoms with Crippen molar-refractivity contribution in [1.29, 1.82) is 0 Å². The van der Waals surface area contributed by atoms with Crippen LogP contribution >= 0.6 is 0 Å². The van der Waals surface area contributed by atoms with Crippen LogP contribution in [-0.2, 0) is 0 Å². The first-order valence-corrected chi connectivity index (χ1v) is 7.20. The molecule has 2 unspecified atom stereocenters. The Bertz CT molecular complexity index is 377. The molecule has 0 aliphatic heterocycles. The van der Waals surface area contributed by atoms with Crippen LogP contribution in [0.2, 0.25) is 0 Å². The molecule has 1 fully saturated rings. The van der Waals surface area contributed by atoms with Gasteiger partial charge in [0.15, 0.2) is 0 Å². The van der Waals surface area contributed by atoms with Crippen molar-refractivity contribution in [1.82, 2.24) is 0 Å². The van der Waals surface area contributed by atoms with E-state index >= 15 is 0 Å². The Morgan fingerprint density at radius 1 is 1.28 bits per heavy atom. The largest absolute Gasteiger partial charge is 0.393 e. The maximum Gasteiger partial charge on any atom is 0.0585 e. The fraction of sp³-hybridized carbons (Fsp3) is 0.625. The SMILES string of the molecule is CCN(CC1CCCCC1O)c1cccc(C)c1. The van der Waals surface area contributed by atoms with Crippen LogP contribution in [0.4, 0.5) is 5.69 Å². The summed E-state index contributed by atoms with van der Waals surface area (Å²) in [5.74, 6) is 0.444. The fourth-order valence-electron chi connectivity index (χ4n) is 2.93. The van der Waals surface area contributed by atoms with Gasteiger partial charge in [0.25, 0.3) is 0 Å². The molecular formula is C16H25NO. The second-order valence-corrected chi connectivity index (χ2v) is 5.49. The van der Waals surface area contributed by atoms with Gasteiger partial charge in [-0.15, -0.1) is 0 Å². The molecular weight excluding hydrogens is 222 g/mol. The van der Waals surface area contributed by atoms with Crippen molar-refractivity contribution >= 4 is 5.69 Å². The summed E-state index contributed by atoms with van der Waals surface area (Å²) in [4.78, 5) is 2.40. The second-order valence-electron chi connectivity index (χ2n) is 5.49. The molecule has 1 aromatic rings. The number of rotatable bonds is 4. The minimum Gasteiger partial charge on any atom is -0.393 e. The van der Waals surface area contributed by atoms with Crippen LogP contribution in [0, 0.1) is 12.8 Å². The highest BCUT2D eigenvalue weighted by Gasteiger charge is 2.24. The molecule has 0 heterocycles. The zero-order valence-electron chi connectivity index (χ0n) is 11.6. The summed E-state index contributed by atoms with van der Waals surface area (Å²) < 4.78 is 0. The Hall–Kier alpha value is -1.02. The van der Waals surface area contributed by atoms with Crippen LogP contribution < -0.4 is 4.90 Å². The van der Waals surface area contributed by atoms with Crippen LogP contribution in [0.25, 0.3) is 0 Å². The highest BCUT2D eigenvalue weighted by Crippen LogP contribution is 2.27. The summed E-state index contributed by atoms with van der Waals surface area (Å²) in [5.41, 5.74) is 2.59.